The van der Waals surface area contributed by atoms with Gasteiger partial charge in [-0.25, -0.2) is 8.78 Å². The van der Waals surface area contributed by atoms with Crippen molar-refractivity contribution in [1.82, 2.24) is 0 Å². The fourth-order valence-electron chi connectivity index (χ4n) is 3.10. The van der Waals surface area contributed by atoms with Gasteiger partial charge in [0.1, 0.15) is 11.6 Å². The van der Waals surface area contributed by atoms with E-state index in [2.05, 4.69) is 15.9 Å². The van der Waals surface area contributed by atoms with Crippen LogP contribution in [0.2, 0.25) is 0 Å². The first-order chi connectivity index (χ1) is 14.0. The molecular formula is C18H7BrF10O2. The number of hydrogen-bond donors (Lipinski definition) is 1. The molecular weight excluding hydrogens is 518 g/mol. The molecule has 1 N–H and O–H groups in total. The molecule has 1 atom stereocenters. The Morgan fingerprint density at radius 1 is 0.806 bits per heavy atom. The summed E-state index contributed by atoms with van der Waals surface area (Å²) in [6, 6.07) is 2.71. The Labute approximate surface area is 174 Å². The monoisotopic (exact) mass is 524 g/mol. The number of Topliss-reactive ketones (excluding diaryl/α,β-unsaturated/α-hetero) is 1. The number of aliphatic hydroxyl groups is 1. The maximum Gasteiger partial charge on any atom is 0.376 e. The minimum absolute atomic E-state index is 0.395. The number of halogens is 11. The van der Waals surface area contributed by atoms with E-state index < -0.39 is 73.9 Å². The van der Waals surface area contributed by atoms with Crippen LogP contribution < -0.4 is 0 Å². The van der Waals surface area contributed by atoms with Crippen molar-refractivity contribution < 1.29 is 53.8 Å². The summed E-state index contributed by atoms with van der Waals surface area (Å²) < 4.78 is 129. The molecule has 0 aromatic heterocycles. The summed E-state index contributed by atoms with van der Waals surface area (Å²) >= 11 is 2.57. The van der Waals surface area contributed by atoms with E-state index in [-0.39, 0.29) is 0 Å². The van der Waals surface area contributed by atoms with Gasteiger partial charge in [0, 0.05) is 22.3 Å². The van der Waals surface area contributed by atoms with Gasteiger partial charge in [-0.2, -0.15) is 35.1 Å². The zero-order valence-corrected chi connectivity index (χ0v) is 16.1. The number of aliphatic hydroxyl groups excluding tert-OH is 1. The fourth-order valence-corrected chi connectivity index (χ4v) is 3.66. The Bertz CT molecular complexity index is 1080. The van der Waals surface area contributed by atoms with Gasteiger partial charge in [-0.3, -0.25) is 4.79 Å². The number of carbonyl (C=O) groups is 1. The predicted octanol–water partition coefficient (Wildman–Crippen LogP) is 6.11. The highest BCUT2D eigenvalue weighted by molar-refractivity contribution is 9.10. The van der Waals surface area contributed by atoms with Crippen molar-refractivity contribution >= 4 is 21.7 Å². The molecule has 0 saturated carbocycles. The van der Waals surface area contributed by atoms with E-state index in [1.807, 2.05) is 0 Å². The average molecular weight is 525 g/mol. The molecule has 168 valence electrons. The van der Waals surface area contributed by atoms with E-state index in [1.54, 1.807) is 0 Å². The highest BCUT2D eigenvalue weighted by Crippen LogP contribution is 2.59. The lowest BCUT2D eigenvalue weighted by Crippen LogP contribution is -2.37. The number of benzene rings is 2. The molecule has 2 nitrogen and oxygen atoms in total. The van der Waals surface area contributed by atoms with E-state index in [1.165, 1.54) is 0 Å². The molecule has 1 unspecified atom stereocenters. The number of hydrogen-bond acceptors (Lipinski definition) is 2. The van der Waals surface area contributed by atoms with Gasteiger partial charge in [-0.1, -0.05) is 0 Å². The van der Waals surface area contributed by atoms with Gasteiger partial charge in [0.25, 0.3) is 0 Å². The van der Waals surface area contributed by atoms with Crippen LogP contribution in [-0.4, -0.2) is 22.7 Å². The smallest absolute Gasteiger partial charge is 0.376 e. The van der Waals surface area contributed by atoms with Crippen molar-refractivity contribution in [3.05, 3.63) is 68.7 Å². The second-order valence-corrected chi connectivity index (χ2v) is 7.38. The fraction of sp³-hybridized carbons (Fsp3) is 0.278. The van der Waals surface area contributed by atoms with Crippen molar-refractivity contribution in [3.63, 3.8) is 0 Å². The normalized spacial score (nSPS) is 23.6. The first-order valence-electron chi connectivity index (χ1n) is 8.02. The molecule has 0 radical (unpaired) electrons. The molecule has 31 heavy (non-hydrogen) atoms. The molecule has 2 aromatic rings. The van der Waals surface area contributed by atoms with Crippen molar-refractivity contribution in [3.8, 4) is 0 Å². The van der Waals surface area contributed by atoms with Crippen molar-refractivity contribution in [2.75, 3.05) is 0 Å². The number of rotatable bonds is 0. The topological polar surface area (TPSA) is 37.3 Å². The van der Waals surface area contributed by atoms with Crippen LogP contribution >= 0.6 is 15.9 Å². The lowest BCUT2D eigenvalue weighted by Gasteiger charge is -2.21. The van der Waals surface area contributed by atoms with Gasteiger partial charge in [0.2, 0.25) is 5.78 Å². The maximum atomic E-state index is 13.2. The largest absolute Gasteiger partial charge is 0.382 e. The van der Waals surface area contributed by atoms with Crippen LogP contribution in [0, 0.1) is 11.6 Å². The zero-order valence-electron chi connectivity index (χ0n) is 14.5. The molecule has 4 rings (SSSR count). The van der Waals surface area contributed by atoms with Gasteiger partial charge >= 0.3 is 23.7 Å². The van der Waals surface area contributed by atoms with E-state index in [0.717, 1.165) is 0 Å². The number of alkyl halides is 8. The van der Waals surface area contributed by atoms with E-state index in [0.29, 0.717) is 30.3 Å². The number of carbonyl (C=O) groups excluding carboxylic acids is 1. The van der Waals surface area contributed by atoms with Gasteiger partial charge in [-0.05, 0) is 46.3 Å². The highest BCUT2D eigenvalue weighted by Gasteiger charge is 2.70. The summed E-state index contributed by atoms with van der Waals surface area (Å²) in [7, 11) is 0. The molecule has 0 bridgehead atoms. The summed E-state index contributed by atoms with van der Waals surface area (Å²) in [4.78, 5) is 10.9. The third-order valence-electron chi connectivity index (χ3n) is 4.75. The van der Waals surface area contributed by atoms with Gasteiger partial charge in [0.05, 0.1) is 4.47 Å². The lowest BCUT2D eigenvalue weighted by atomic mass is 10.1. The summed E-state index contributed by atoms with van der Waals surface area (Å²) in [6.45, 7) is 0. The van der Waals surface area contributed by atoms with E-state index >= 15 is 0 Å². The Morgan fingerprint density at radius 2 is 1.35 bits per heavy atom. The summed E-state index contributed by atoms with van der Waals surface area (Å²) in [5.74, 6) is -22.5. The molecule has 2 aliphatic rings. The first-order valence-corrected chi connectivity index (χ1v) is 8.81. The van der Waals surface area contributed by atoms with Crippen LogP contribution in [0.1, 0.15) is 33.2 Å². The summed E-state index contributed by atoms with van der Waals surface area (Å²) in [6.07, 6.45) is -2.72. The number of ketones is 1. The molecule has 0 fully saturated rings. The molecule has 0 spiro atoms. The van der Waals surface area contributed by atoms with Crippen LogP contribution in [0.15, 0.2) is 34.8 Å². The van der Waals surface area contributed by atoms with Crippen molar-refractivity contribution in [1.29, 1.82) is 0 Å². The molecule has 0 aliphatic heterocycles. The summed E-state index contributed by atoms with van der Waals surface area (Å²) in [5.41, 5.74) is -3.93. The standard InChI is InChI=1S/C9H4BrF5O.C9H3F5O/c10-6-4(11)2-1-3-5(6)7(16)9(14,15)8(3,12)13;10-4-1-2-6-5(3-4)7(15)9(13,14)8(6,11)12/h1-2,7,16H;1-3H. The minimum Gasteiger partial charge on any atom is -0.382 e. The maximum absolute atomic E-state index is 13.2. The highest BCUT2D eigenvalue weighted by atomic mass is 79.9. The Kier molecular flexibility index (Phi) is 5.25. The zero-order chi connectivity index (χ0) is 23.7. The predicted molar refractivity (Wildman–Crippen MR) is 87.5 cm³/mol. The quantitative estimate of drug-likeness (QED) is 0.422. The molecule has 2 aliphatic carbocycles. The Morgan fingerprint density at radius 3 is 1.94 bits per heavy atom. The SMILES string of the molecule is O=C1c2cc(F)ccc2C(F)(F)C1(F)F.OC1c2c(ccc(F)c2Br)C(F)(F)C1(F)F. The molecule has 0 saturated heterocycles. The van der Waals surface area contributed by atoms with E-state index in [4.69, 9.17) is 5.11 Å². The average Bonchev–Trinajstić information content (AvgIpc) is 2.89. The lowest BCUT2D eigenvalue weighted by molar-refractivity contribution is -0.246. The molecule has 0 heterocycles. The second kappa shape index (κ2) is 6.92. The third-order valence-corrected chi connectivity index (χ3v) is 5.56. The Hall–Kier alpha value is -2.15. The molecule has 2 aromatic carbocycles. The molecule has 13 heteroatoms. The van der Waals surface area contributed by atoms with Crippen LogP contribution in [0.25, 0.3) is 0 Å². The number of fused-ring (bicyclic) bond motifs is 2. The summed E-state index contributed by atoms with van der Waals surface area (Å²) in [5, 5.41) is 9.12. The van der Waals surface area contributed by atoms with E-state index in [9.17, 15) is 48.7 Å². The van der Waals surface area contributed by atoms with Crippen LogP contribution in [-0.2, 0) is 11.8 Å². The van der Waals surface area contributed by atoms with Crippen LogP contribution in [0.3, 0.4) is 0 Å². The second-order valence-electron chi connectivity index (χ2n) is 6.59. The minimum atomic E-state index is -4.79. The van der Waals surface area contributed by atoms with Crippen LogP contribution in [0.5, 0.6) is 0 Å². The Balaban J connectivity index is 0.000000176. The first kappa shape index (κ1) is 23.5. The van der Waals surface area contributed by atoms with Crippen molar-refractivity contribution in [2.45, 2.75) is 29.8 Å². The van der Waals surface area contributed by atoms with Gasteiger partial charge in [-0.15, -0.1) is 0 Å². The third kappa shape index (κ3) is 3.07. The van der Waals surface area contributed by atoms with Crippen LogP contribution in [0.4, 0.5) is 43.9 Å². The van der Waals surface area contributed by atoms with Gasteiger partial charge < -0.3 is 5.11 Å². The molecule has 0 amide bonds. The van der Waals surface area contributed by atoms with Crippen molar-refractivity contribution in [2.24, 2.45) is 0 Å². The van der Waals surface area contributed by atoms with Gasteiger partial charge in [0.15, 0.2) is 6.10 Å².